The Kier molecular flexibility index (Phi) is 3.58. The molecule has 0 atom stereocenters. The van der Waals surface area contributed by atoms with E-state index >= 15 is 0 Å². The zero-order valence-electron chi connectivity index (χ0n) is 12.7. The zero-order valence-corrected chi connectivity index (χ0v) is 12.7. The highest BCUT2D eigenvalue weighted by atomic mass is 16.7. The molecule has 1 fully saturated rings. The minimum absolute atomic E-state index is 0.295. The molecular weight excluding hydrogens is 237 g/mol. The summed E-state index contributed by atoms with van der Waals surface area (Å²) in [5.41, 5.74) is 2.81. The molecule has 2 heterocycles. The molecule has 0 bridgehead atoms. The monoisotopic (exact) mass is 259 g/mol. The highest BCUT2D eigenvalue weighted by Gasteiger charge is 2.49. The Morgan fingerprint density at radius 3 is 2.26 bits per heavy atom. The van der Waals surface area contributed by atoms with Gasteiger partial charge < -0.3 is 9.31 Å². The summed E-state index contributed by atoms with van der Waals surface area (Å²) in [6.07, 6.45) is 3.80. The lowest BCUT2D eigenvalue weighted by Crippen LogP contribution is -2.41. The van der Waals surface area contributed by atoms with Crippen molar-refractivity contribution in [3.63, 3.8) is 0 Å². The van der Waals surface area contributed by atoms with E-state index in [-0.39, 0.29) is 18.3 Å². The van der Waals surface area contributed by atoms with Gasteiger partial charge in [0.05, 0.1) is 16.9 Å². The third kappa shape index (κ3) is 2.75. The van der Waals surface area contributed by atoms with Gasteiger partial charge in [0.2, 0.25) is 0 Å². The van der Waals surface area contributed by atoms with E-state index in [0.717, 1.165) is 5.69 Å². The number of rotatable bonds is 2. The van der Waals surface area contributed by atoms with Gasteiger partial charge in [0.15, 0.2) is 0 Å². The molecule has 0 saturated carbocycles. The standard InChI is InChI=1S/C15H22BNO2/c1-11-8-10-17-13(12(11)2)7-9-16-18-14(3,4)15(5,6)19-16/h7-10H,1-6H3/b9-7+. The molecule has 4 heteroatoms. The Labute approximate surface area is 116 Å². The summed E-state index contributed by atoms with van der Waals surface area (Å²) in [7, 11) is -0.313. The maximum atomic E-state index is 5.92. The van der Waals surface area contributed by atoms with Crippen LogP contribution in [0.5, 0.6) is 0 Å². The first kappa shape index (κ1) is 14.3. The smallest absolute Gasteiger partial charge is 0.400 e. The number of hydrogen-bond acceptors (Lipinski definition) is 3. The van der Waals surface area contributed by atoms with E-state index in [0.29, 0.717) is 0 Å². The molecule has 0 radical (unpaired) electrons. The highest BCUT2D eigenvalue weighted by molar-refractivity contribution is 6.52. The number of nitrogens with zero attached hydrogens (tertiary/aromatic N) is 1. The minimum atomic E-state index is -0.313. The van der Waals surface area contributed by atoms with Crippen LogP contribution in [-0.2, 0) is 9.31 Å². The summed E-state index contributed by atoms with van der Waals surface area (Å²) in [5.74, 6) is 1.94. The van der Waals surface area contributed by atoms with Crippen molar-refractivity contribution in [1.82, 2.24) is 4.98 Å². The molecule has 1 aliphatic heterocycles. The van der Waals surface area contributed by atoms with Crippen molar-refractivity contribution in [1.29, 1.82) is 0 Å². The fourth-order valence-corrected chi connectivity index (χ4v) is 1.96. The summed E-state index contributed by atoms with van der Waals surface area (Å²) in [5, 5.41) is 0. The van der Waals surface area contributed by atoms with Gasteiger partial charge in [-0.15, -0.1) is 0 Å². The number of aromatic nitrogens is 1. The van der Waals surface area contributed by atoms with Crippen molar-refractivity contribution in [2.24, 2.45) is 0 Å². The maximum Gasteiger partial charge on any atom is 0.487 e. The van der Waals surface area contributed by atoms with Gasteiger partial charge in [-0.3, -0.25) is 4.98 Å². The Hall–Kier alpha value is -1.13. The largest absolute Gasteiger partial charge is 0.487 e. The van der Waals surface area contributed by atoms with E-state index in [9.17, 15) is 0 Å². The van der Waals surface area contributed by atoms with Crippen LogP contribution in [0.2, 0.25) is 0 Å². The third-order valence-corrected chi connectivity index (χ3v) is 4.20. The second kappa shape index (κ2) is 4.76. The minimum Gasteiger partial charge on any atom is -0.400 e. The van der Waals surface area contributed by atoms with E-state index in [4.69, 9.17) is 9.31 Å². The summed E-state index contributed by atoms with van der Waals surface area (Å²) in [6.45, 7) is 12.4. The molecule has 1 aliphatic rings. The molecule has 1 saturated heterocycles. The zero-order chi connectivity index (χ0) is 14.3. The summed E-state index contributed by atoms with van der Waals surface area (Å²) in [6, 6.07) is 2.02. The average molecular weight is 259 g/mol. The first-order valence-electron chi connectivity index (χ1n) is 6.69. The molecule has 0 aliphatic carbocycles. The third-order valence-electron chi connectivity index (χ3n) is 4.20. The molecule has 2 rings (SSSR count). The predicted octanol–water partition coefficient (Wildman–Crippen LogP) is 3.34. The molecule has 0 aromatic carbocycles. The number of hydrogen-bond donors (Lipinski definition) is 0. The van der Waals surface area contributed by atoms with E-state index < -0.39 is 0 Å². The lowest BCUT2D eigenvalue weighted by Gasteiger charge is -2.32. The van der Waals surface area contributed by atoms with Crippen molar-refractivity contribution >= 4 is 13.2 Å². The summed E-state index contributed by atoms with van der Waals surface area (Å²) >= 11 is 0. The van der Waals surface area contributed by atoms with Crippen LogP contribution in [-0.4, -0.2) is 23.3 Å². The van der Waals surface area contributed by atoms with Crippen LogP contribution in [0.15, 0.2) is 18.2 Å². The predicted molar refractivity (Wildman–Crippen MR) is 78.8 cm³/mol. The summed E-state index contributed by atoms with van der Waals surface area (Å²) < 4.78 is 11.8. The van der Waals surface area contributed by atoms with Crippen LogP contribution in [0.25, 0.3) is 6.08 Å². The topological polar surface area (TPSA) is 31.4 Å². The molecule has 0 unspecified atom stereocenters. The molecular formula is C15H22BNO2. The van der Waals surface area contributed by atoms with Gasteiger partial charge in [0.25, 0.3) is 0 Å². The second-order valence-corrected chi connectivity index (χ2v) is 6.12. The molecule has 0 spiro atoms. The lowest BCUT2D eigenvalue weighted by molar-refractivity contribution is 0.00578. The van der Waals surface area contributed by atoms with Crippen LogP contribution >= 0.6 is 0 Å². The number of pyridine rings is 1. The van der Waals surface area contributed by atoms with Crippen LogP contribution in [0.4, 0.5) is 0 Å². The van der Waals surface area contributed by atoms with E-state index in [1.165, 1.54) is 11.1 Å². The van der Waals surface area contributed by atoms with Crippen molar-refractivity contribution < 1.29 is 9.31 Å². The van der Waals surface area contributed by atoms with E-state index in [1.807, 2.05) is 24.3 Å². The second-order valence-electron chi connectivity index (χ2n) is 6.12. The van der Waals surface area contributed by atoms with Gasteiger partial charge in [-0.2, -0.15) is 0 Å². The van der Waals surface area contributed by atoms with Gasteiger partial charge in [0.1, 0.15) is 0 Å². The van der Waals surface area contributed by atoms with E-state index in [2.05, 4.69) is 46.5 Å². The van der Waals surface area contributed by atoms with Crippen molar-refractivity contribution in [3.8, 4) is 0 Å². The lowest BCUT2D eigenvalue weighted by atomic mass is 9.89. The summed E-state index contributed by atoms with van der Waals surface area (Å²) in [4.78, 5) is 4.37. The van der Waals surface area contributed by atoms with Gasteiger partial charge in [-0.05, 0) is 64.8 Å². The Morgan fingerprint density at radius 2 is 1.68 bits per heavy atom. The fraction of sp³-hybridized carbons (Fsp3) is 0.533. The Balaban J connectivity index is 2.15. The van der Waals surface area contributed by atoms with Crippen molar-refractivity contribution in [2.45, 2.75) is 52.7 Å². The normalized spacial score (nSPS) is 21.3. The van der Waals surface area contributed by atoms with Crippen LogP contribution in [0, 0.1) is 13.8 Å². The van der Waals surface area contributed by atoms with Crippen LogP contribution in [0.3, 0.4) is 0 Å². The van der Waals surface area contributed by atoms with Crippen LogP contribution in [0.1, 0.15) is 44.5 Å². The SMILES string of the molecule is Cc1ccnc(/C=C/B2OC(C)(C)C(C)(C)O2)c1C. The molecule has 102 valence electrons. The Morgan fingerprint density at radius 1 is 1.11 bits per heavy atom. The molecule has 0 amide bonds. The van der Waals surface area contributed by atoms with E-state index in [1.54, 1.807) is 0 Å². The van der Waals surface area contributed by atoms with Gasteiger partial charge in [-0.1, -0.05) is 5.98 Å². The average Bonchev–Trinajstić information content (AvgIpc) is 2.50. The van der Waals surface area contributed by atoms with Crippen LogP contribution < -0.4 is 0 Å². The first-order valence-corrected chi connectivity index (χ1v) is 6.69. The Bertz CT molecular complexity index is 493. The van der Waals surface area contributed by atoms with Crippen molar-refractivity contribution in [3.05, 3.63) is 35.1 Å². The maximum absolute atomic E-state index is 5.92. The quantitative estimate of drug-likeness (QED) is 0.763. The van der Waals surface area contributed by atoms with Gasteiger partial charge >= 0.3 is 7.12 Å². The number of aryl methyl sites for hydroxylation is 1. The highest BCUT2D eigenvalue weighted by Crippen LogP contribution is 2.37. The molecule has 3 nitrogen and oxygen atoms in total. The molecule has 0 N–H and O–H groups in total. The molecule has 1 aromatic heterocycles. The van der Waals surface area contributed by atoms with Crippen molar-refractivity contribution in [2.75, 3.05) is 0 Å². The molecule has 1 aromatic rings. The first-order chi connectivity index (χ1) is 8.73. The van der Waals surface area contributed by atoms with Gasteiger partial charge in [-0.25, -0.2) is 0 Å². The molecule has 19 heavy (non-hydrogen) atoms. The fourth-order valence-electron chi connectivity index (χ4n) is 1.96. The van der Waals surface area contributed by atoms with Gasteiger partial charge in [0, 0.05) is 6.20 Å².